The van der Waals surface area contributed by atoms with Gasteiger partial charge in [0.25, 0.3) is 5.91 Å². The van der Waals surface area contributed by atoms with E-state index in [0.717, 1.165) is 26.7 Å². The molecule has 2 saturated heterocycles. The van der Waals surface area contributed by atoms with Gasteiger partial charge >= 0.3 is 6.03 Å². The van der Waals surface area contributed by atoms with E-state index in [9.17, 15) is 19.5 Å². The van der Waals surface area contributed by atoms with Crippen LogP contribution in [0.5, 0.6) is 0 Å². The number of amides is 4. The Bertz CT molecular complexity index is 1440. The second-order valence-corrected chi connectivity index (χ2v) is 12.8. The molecule has 4 amide bonds. The summed E-state index contributed by atoms with van der Waals surface area (Å²) >= 11 is 4.99. The Morgan fingerprint density at radius 2 is 1.71 bits per heavy atom. The highest BCUT2D eigenvalue weighted by Gasteiger charge is 2.65. The van der Waals surface area contributed by atoms with Crippen LogP contribution in [0.25, 0.3) is 0 Å². The van der Waals surface area contributed by atoms with Crippen molar-refractivity contribution in [3.05, 3.63) is 106 Å². The first-order chi connectivity index (χ1) is 19.7. The monoisotopic (exact) mass is 636 g/mol. The number of nitrogens with one attached hydrogen (secondary N) is 2. The molecule has 5 rings (SSSR count). The van der Waals surface area contributed by atoms with Crippen LogP contribution in [0.2, 0.25) is 0 Å². The number of carbonyl (C=O) groups is 3. The van der Waals surface area contributed by atoms with Gasteiger partial charge < -0.3 is 25.5 Å². The van der Waals surface area contributed by atoms with Crippen molar-refractivity contribution >= 4 is 45.5 Å². The van der Waals surface area contributed by atoms with Gasteiger partial charge in [0.05, 0.1) is 11.9 Å². The van der Waals surface area contributed by atoms with Crippen molar-refractivity contribution in [2.45, 2.75) is 56.4 Å². The number of fused-ring (bicyclic) bond motifs is 1. The number of likely N-dealkylation sites (tertiary alicyclic amines) is 1. The van der Waals surface area contributed by atoms with E-state index in [0.29, 0.717) is 6.54 Å². The van der Waals surface area contributed by atoms with Crippen LogP contribution in [-0.4, -0.2) is 61.7 Å². The maximum atomic E-state index is 13.7. The van der Waals surface area contributed by atoms with E-state index in [1.165, 1.54) is 16.7 Å². The Kier molecular flexibility index (Phi) is 8.72. The van der Waals surface area contributed by atoms with Gasteiger partial charge in [-0.3, -0.25) is 9.59 Å². The zero-order chi connectivity index (χ0) is 29.1. The number of hydrogen-bond donors (Lipinski definition) is 3. The predicted molar refractivity (Wildman–Crippen MR) is 163 cm³/mol. The van der Waals surface area contributed by atoms with Crippen molar-refractivity contribution in [3.63, 3.8) is 0 Å². The average Bonchev–Trinajstić information content (AvgIpc) is 3.29. The molecule has 0 aliphatic carbocycles. The average molecular weight is 638 g/mol. The minimum absolute atomic E-state index is 0.139. The van der Waals surface area contributed by atoms with Crippen molar-refractivity contribution < 1.29 is 19.5 Å². The van der Waals surface area contributed by atoms with Crippen LogP contribution in [0.4, 0.5) is 4.79 Å². The van der Waals surface area contributed by atoms with E-state index >= 15 is 0 Å². The lowest BCUT2D eigenvalue weighted by atomic mass is 9.91. The molecule has 2 fully saturated rings. The molecule has 0 spiro atoms. The topological polar surface area (TPSA) is 102 Å². The lowest BCUT2D eigenvalue weighted by molar-refractivity contribution is -0.168. The summed E-state index contributed by atoms with van der Waals surface area (Å²) in [5.41, 5.74) is 3.92. The Morgan fingerprint density at radius 1 is 1.05 bits per heavy atom. The molecule has 0 radical (unpaired) electrons. The third-order valence-electron chi connectivity index (χ3n) is 7.87. The summed E-state index contributed by atoms with van der Waals surface area (Å²) in [6.45, 7) is 4.72. The van der Waals surface area contributed by atoms with Crippen molar-refractivity contribution in [1.82, 2.24) is 20.4 Å². The van der Waals surface area contributed by atoms with Crippen molar-refractivity contribution in [2.24, 2.45) is 0 Å². The van der Waals surface area contributed by atoms with Gasteiger partial charge in [-0.2, -0.15) is 0 Å². The highest BCUT2D eigenvalue weighted by atomic mass is 79.9. The van der Waals surface area contributed by atoms with Gasteiger partial charge in [0, 0.05) is 17.6 Å². The Morgan fingerprint density at radius 3 is 2.41 bits per heavy atom. The number of halogens is 1. The lowest BCUT2D eigenvalue weighted by Gasteiger charge is -2.53. The lowest BCUT2D eigenvalue weighted by Crippen LogP contribution is -2.73. The molecular weight excluding hydrogens is 604 g/mol. The number of aryl methyl sites for hydroxylation is 1. The second-order valence-electron chi connectivity index (χ2n) is 10.5. The summed E-state index contributed by atoms with van der Waals surface area (Å²) in [7, 11) is 0. The van der Waals surface area contributed by atoms with Crippen LogP contribution in [0.3, 0.4) is 0 Å². The number of benzene rings is 3. The second kappa shape index (κ2) is 12.3. The predicted octanol–water partition coefficient (Wildman–Crippen LogP) is 4.19. The van der Waals surface area contributed by atoms with Gasteiger partial charge in [0.15, 0.2) is 6.10 Å². The molecular formula is C31H33BrN4O4S. The first-order valence-corrected chi connectivity index (χ1v) is 15.3. The van der Waals surface area contributed by atoms with Gasteiger partial charge in [0.2, 0.25) is 5.91 Å². The summed E-state index contributed by atoms with van der Waals surface area (Å²) in [6.07, 6.45) is -1.29. The zero-order valence-corrected chi connectivity index (χ0v) is 25.3. The minimum Gasteiger partial charge on any atom is -0.381 e. The highest BCUT2D eigenvalue weighted by molar-refractivity contribution is 9.10. The third kappa shape index (κ3) is 6.00. The van der Waals surface area contributed by atoms with Crippen molar-refractivity contribution in [2.75, 3.05) is 5.88 Å². The number of thioether (sulfide) groups is 1. The van der Waals surface area contributed by atoms with Crippen molar-refractivity contribution in [1.29, 1.82) is 0 Å². The van der Waals surface area contributed by atoms with Crippen LogP contribution in [-0.2, 0) is 29.1 Å². The molecule has 4 atom stereocenters. The van der Waals surface area contributed by atoms with E-state index in [1.54, 1.807) is 4.90 Å². The number of aliphatic hydroxyl groups is 1. The first-order valence-electron chi connectivity index (χ1n) is 13.5. The van der Waals surface area contributed by atoms with E-state index in [-0.39, 0.29) is 24.7 Å². The van der Waals surface area contributed by atoms with Crippen LogP contribution in [0, 0.1) is 6.92 Å². The number of urea groups is 1. The first kappa shape index (κ1) is 29.2. The molecule has 41 heavy (non-hydrogen) atoms. The van der Waals surface area contributed by atoms with E-state index < -0.39 is 35.0 Å². The number of β-lactam (4-membered cyclic amide) rings is 1. The maximum Gasteiger partial charge on any atom is 0.315 e. The standard InChI is InChI=1S/C31H33BrN4O4S/c1-20-10-6-7-14-23(20)18-36-29(39)27-31(36,2)41-19-35(27)28(38)26(37)25(16-21-11-4-3-5-12-21)34-30(40)33-17-22-13-8-9-15-24(22)32/h3-15,25-27,37H,16-19H2,1-2H3,(H2,33,34,40)/t25-,26-,27+,31?/m0/s1. The smallest absolute Gasteiger partial charge is 0.315 e. The fraction of sp³-hybridized carbons (Fsp3) is 0.323. The van der Waals surface area contributed by atoms with Crippen LogP contribution < -0.4 is 10.6 Å². The van der Waals surface area contributed by atoms with E-state index in [2.05, 4.69) is 26.6 Å². The van der Waals surface area contributed by atoms with Gasteiger partial charge in [-0.1, -0.05) is 88.7 Å². The molecule has 8 nitrogen and oxygen atoms in total. The number of hydrogen-bond acceptors (Lipinski definition) is 5. The SMILES string of the molecule is Cc1ccccc1CN1C(=O)[C@H]2N(C(=O)[C@@H](O)[C@H](Cc3ccccc3)NC(=O)NCc3ccccc3Br)CSC21C. The molecule has 10 heteroatoms. The number of carbonyl (C=O) groups excluding carboxylic acids is 3. The molecule has 2 heterocycles. The summed E-state index contributed by atoms with van der Waals surface area (Å²) < 4.78 is 0.868. The summed E-state index contributed by atoms with van der Waals surface area (Å²) in [5.74, 6) is -0.429. The maximum absolute atomic E-state index is 13.7. The molecule has 1 unspecified atom stereocenters. The van der Waals surface area contributed by atoms with Crippen LogP contribution >= 0.6 is 27.7 Å². The Hall–Kier alpha value is -3.34. The Balaban J connectivity index is 1.28. The molecule has 214 valence electrons. The quantitative estimate of drug-likeness (QED) is 0.306. The van der Waals surface area contributed by atoms with Crippen LogP contribution in [0.15, 0.2) is 83.3 Å². The molecule has 3 aromatic carbocycles. The molecule has 0 aromatic heterocycles. The zero-order valence-electron chi connectivity index (χ0n) is 22.9. The fourth-order valence-electron chi connectivity index (χ4n) is 5.40. The summed E-state index contributed by atoms with van der Waals surface area (Å²) in [4.78, 5) is 42.6. The number of nitrogens with zero attached hydrogens (tertiary/aromatic N) is 2. The van der Waals surface area contributed by atoms with Crippen LogP contribution in [0.1, 0.15) is 29.2 Å². The van der Waals surface area contributed by atoms with E-state index in [4.69, 9.17) is 0 Å². The van der Waals surface area contributed by atoms with Gasteiger partial charge in [-0.25, -0.2) is 4.79 Å². The highest BCUT2D eigenvalue weighted by Crippen LogP contribution is 2.51. The van der Waals surface area contributed by atoms with Gasteiger partial charge in [0.1, 0.15) is 10.9 Å². The van der Waals surface area contributed by atoms with Crippen molar-refractivity contribution in [3.8, 4) is 0 Å². The normalized spacial score (nSPS) is 21.1. The fourth-order valence-corrected chi connectivity index (χ4v) is 7.20. The van der Waals surface area contributed by atoms with E-state index in [1.807, 2.05) is 92.7 Å². The molecule has 3 aromatic rings. The number of aliphatic hydroxyl groups excluding tert-OH is 1. The molecule has 3 N–H and O–H groups in total. The molecule has 2 aliphatic heterocycles. The molecule has 2 aliphatic rings. The largest absolute Gasteiger partial charge is 0.381 e. The third-order valence-corrected chi connectivity index (χ3v) is 10.1. The summed E-state index contributed by atoms with van der Waals surface area (Å²) in [6, 6.07) is 22.8. The minimum atomic E-state index is -1.54. The summed E-state index contributed by atoms with van der Waals surface area (Å²) in [5, 5.41) is 17.0. The van der Waals surface area contributed by atoms with Gasteiger partial charge in [-0.05, 0) is 48.6 Å². The Labute approximate surface area is 252 Å². The number of rotatable bonds is 9. The van der Waals surface area contributed by atoms with Gasteiger partial charge in [-0.15, -0.1) is 11.8 Å². The molecule has 0 saturated carbocycles. The molecule has 0 bridgehead atoms.